The molecule has 0 spiro atoms. The van der Waals surface area contributed by atoms with Crippen LogP contribution < -0.4 is 15.1 Å². The van der Waals surface area contributed by atoms with E-state index in [0.29, 0.717) is 24.8 Å². The van der Waals surface area contributed by atoms with Gasteiger partial charge in [-0.15, -0.1) is 23.2 Å². The van der Waals surface area contributed by atoms with Crippen LogP contribution in [0.3, 0.4) is 0 Å². The molecule has 0 fully saturated rings. The molecule has 134 valence electrons. The van der Waals surface area contributed by atoms with Gasteiger partial charge >= 0.3 is 5.97 Å². The van der Waals surface area contributed by atoms with E-state index in [-0.39, 0.29) is 19.0 Å². The summed E-state index contributed by atoms with van der Waals surface area (Å²) in [4.78, 5) is 14.7. The van der Waals surface area contributed by atoms with Gasteiger partial charge in [-0.2, -0.15) is 0 Å². The summed E-state index contributed by atoms with van der Waals surface area (Å²) in [6.07, 6.45) is -0.982. The first-order valence-corrected chi connectivity index (χ1v) is 8.95. The number of hydrogen-bond acceptors (Lipinski definition) is 5. The van der Waals surface area contributed by atoms with E-state index in [1.807, 2.05) is 30.1 Å². The van der Waals surface area contributed by atoms with Gasteiger partial charge in [-0.25, -0.2) is 0 Å². The molecule has 1 aliphatic heterocycles. The number of alkyl halides is 2. The van der Waals surface area contributed by atoms with Crippen LogP contribution in [0, 0.1) is 0 Å². The molecule has 3 N–H and O–H groups in total. The van der Waals surface area contributed by atoms with Crippen LogP contribution >= 0.6 is 23.2 Å². The van der Waals surface area contributed by atoms with Crippen LogP contribution in [-0.4, -0.2) is 60.3 Å². The van der Waals surface area contributed by atoms with Crippen molar-refractivity contribution in [3.63, 3.8) is 0 Å². The molecule has 0 saturated heterocycles. The zero-order chi connectivity index (χ0) is 17.7. The maximum absolute atomic E-state index is 10.7. The molecular formula is C16H23Cl2N3O3. The van der Waals surface area contributed by atoms with Gasteiger partial charge in [-0.1, -0.05) is 0 Å². The standard InChI is InChI=1S/C16H23Cl2N3O3/c1-20-13-3-2-11(21(8-6-17)9-7-18)10-12(13)19-16(20)14(22)4-5-15(23)24/h2-3,10,14,16,19,22H,4-9H2,1H3,(H,23,24). The predicted molar refractivity (Wildman–Crippen MR) is 98.8 cm³/mol. The lowest BCUT2D eigenvalue weighted by Crippen LogP contribution is -2.43. The van der Waals surface area contributed by atoms with Gasteiger partial charge in [0.25, 0.3) is 0 Å². The molecule has 0 aliphatic carbocycles. The zero-order valence-corrected chi connectivity index (χ0v) is 15.1. The van der Waals surface area contributed by atoms with E-state index in [0.717, 1.165) is 17.1 Å². The lowest BCUT2D eigenvalue weighted by atomic mass is 10.1. The largest absolute Gasteiger partial charge is 0.481 e. The Kier molecular flexibility index (Phi) is 6.83. The first-order valence-electron chi connectivity index (χ1n) is 7.88. The van der Waals surface area contributed by atoms with Crippen molar-refractivity contribution >= 4 is 46.2 Å². The van der Waals surface area contributed by atoms with Crippen LogP contribution in [0.5, 0.6) is 0 Å². The van der Waals surface area contributed by atoms with Crippen molar-refractivity contribution in [3.8, 4) is 0 Å². The number of likely N-dealkylation sites (N-methyl/N-ethyl adjacent to an activating group) is 1. The van der Waals surface area contributed by atoms with Crippen LogP contribution in [0.1, 0.15) is 12.8 Å². The molecule has 0 saturated carbocycles. The van der Waals surface area contributed by atoms with Crippen LogP contribution in [-0.2, 0) is 4.79 Å². The summed E-state index contributed by atoms with van der Waals surface area (Å²) in [5, 5.41) is 22.3. The highest BCUT2D eigenvalue weighted by molar-refractivity contribution is 6.18. The monoisotopic (exact) mass is 375 g/mol. The van der Waals surface area contributed by atoms with Gasteiger partial charge in [0.05, 0.1) is 17.5 Å². The minimum atomic E-state index is -0.910. The topological polar surface area (TPSA) is 76.0 Å². The van der Waals surface area contributed by atoms with Gasteiger partial charge in [0.15, 0.2) is 0 Å². The van der Waals surface area contributed by atoms with E-state index in [1.54, 1.807) is 0 Å². The number of fused-ring (bicyclic) bond motifs is 1. The number of hydrogen-bond donors (Lipinski definition) is 3. The quantitative estimate of drug-likeness (QED) is 0.575. The normalized spacial score (nSPS) is 17.3. The molecule has 6 nitrogen and oxygen atoms in total. The molecule has 1 aromatic rings. The van der Waals surface area contributed by atoms with Crippen LogP contribution in [0.25, 0.3) is 0 Å². The highest BCUT2D eigenvalue weighted by atomic mass is 35.5. The van der Waals surface area contributed by atoms with Crippen molar-refractivity contribution in [2.75, 3.05) is 47.0 Å². The average Bonchev–Trinajstić information content (AvgIpc) is 2.89. The number of carboxylic acid groups (broad SMARTS) is 1. The third kappa shape index (κ3) is 4.37. The molecule has 0 radical (unpaired) electrons. The lowest BCUT2D eigenvalue weighted by molar-refractivity contribution is -0.137. The van der Waals surface area contributed by atoms with Crippen LogP contribution in [0.4, 0.5) is 17.1 Å². The zero-order valence-electron chi connectivity index (χ0n) is 13.6. The predicted octanol–water partition coefficient (Wildman–Crippen LogP) is 2.38. The number of benzene rings is 1. The van der Waals surface area contributed by atoms with Gasteiger partial charge in [0.2, 0.25) is 0 Å². The average molecular weight is 376 g/mol. The number of aliphatic hydroxyl groups excluding tert-OH is 1. The maximum Gasteiger partial charge on any atom is 0.303 e. The number of aliphatic hydroxyl groups is 1. The van der Waals surface area contributed by atoms with Crippen molar-refractivity contribution in [1.29, 1.82) is 0 Å². The molecule has 0 amide bonds. The third-order valence-corrected chi connectivity index (χ3v) is 4.51. The van der Waals surface area contributed by atoms with Crippen molar-refractivity contribution < 1.29 is 15.0 Å². The molecule has 0 aromatic heterocycles. The lowest BCUT2D eigenvalue weighted by Gasteiger charge is -2.26. The van der Waals surface area contributed by atoms with Gasteiger partial charge in [0, 0.05) is 44.0 Å². The maximum atomic E-state index is 10.7. The fourth-order valence-corrected chi connectivity index (χ4v) is 3.32. The van der Waals surface area contributed by atoms with Crippen LogP contribution in [0.15, 0.2) is 18.2 Å². The molecule has 1 aliphatic rings. The summed E-state index contributed by atoms with van der Waals surface area (Å²) in [6, 6.07) is 5.99. The SMILES string of the molecule is CN1c2ccc(N(CCCl)CCCl)cc2NC1C(O)CCC(=O)O. The van der Waals surface area contributed by atoms with Gasteiger partial charge in [-0.3, -0.25) is 4.79 Å². The summed E-state index contributed by atoms with van der Waals surface area (Å²) in [7, 11) is 1.88. The molecule has 8 heteroatoms. The molecule has 2 atom stereocenters. The van der Waals surface area contributed by atoms with E-state index in [9.17, 15) is 9.90 Å². The number of halogens is 2. The molecule has 1 aromatic carbocycles. The Bertz CT molecular complexity index is 567. The Hall–Kier alpha value is -1.37. The molecule has 2 rings (SSSR count). The number of aliphatic carboxylic acids is 1. The number of carboxylic acids is 1. The summed E-state index contributed by atoms with van der Waals surface area (Å²) in [6.45, 7) is 1.40. The Labute approximate surface area is 152 Å². The summed E-state index contributed by atoms with van der Waals surface area (Å²) >= 11 is 11.7. The van der Waals surface area contributed by atoms with Crippen molar-refractivity contribution in [2.24, 2.45) is 0 Å². The van der Waals surface area contributed by atoms with E-state index < -0.39 is 12.1 Å². The second kappa shape index (κ2) is 8.65. The molecule has 0 bridgehead atoms. The summed E-state index contributed by atoms with van der Waals surface area (Å²) < 4.78 is 0. The van der Waals surface area contributed by atoms with Crippen LogP contribution in [0.2, 0.25) is 0 Å². The number of nitrogens with one attached hydrogen (secondary N) is 1. The second-order valence-electron chi connectivity index (χ2n) is 5.77. The first kappa shape index (κ1) is 19.0. The Morgan fingerprint density at radius 1 is 1.38 bits per heavy atom. The Balaban J connectivity index is 2.12. The van der Waals surface area contributed by atoms with E-state index in [4.69, 9.17) is 28.3 Å². The smallest absolute Gasteiger partial charge is 0.303 e. The second-order valence-corrected chi connectivity index (χ2v) is 6.52. The van der Waals surface area contributed by atoms with E-state index in [2.05, 4.69) is 10.2 Å². The Morgan fingerprint density at radius 2 is 2.04 bits per heavy atom. The van der Waals surface area contributed by atoms with Crippen molar-refractivity contribution in [3.05, 3.63) is 18.2 Å². The van der Waals surface area contributed by atoms with E-state index in [1.165, 1.54) is 0 Å². The van der Waals surface area contributed by atoms with Crippen molar-refractivity contribution in [1.82, 2.24) is 0 Å². The number of carbonyl (C=O) groups is 1. The summed E-state index contributed by atoms with van der Waals surface area (Å²) in [5.41, 5.74) is 2.88. The number of rotatable bonds is 9. The van der Waals surface area contributed by atoms with Gasteiger partial charge in [-0.05, 0) is 24.6 Å². The molecule has 24 heavy (non-hydrogen) atoms. The number of anilines is 3. The highest BCUT2D eigenvalue weighted by Crippen LogP contribution is 2.37. The van der Waals surface area contributed by atoms with E-state index >= 15 is 0 Å². The highest BCUT2D eigenvalue weighted by Gasteiger charge is 2.31. The fraction of sp³-hybridized carbons (Fsp3) is 0.562. The Morgan fingerprint density at radius 3 is 2.62 bits per heavy atom. The van der Waals surface area contributed by atoms with Crippen molar-refractivity contribution in [2.45, 2.75) is 25.1 Å². The first-order chi connectivity index (χ1) is 11.5. The molecular weight excluding hydrogens is 353 g/mol. The van der Waals surface area contributed by atoms with Gasteiger partial charge in [0.1, 0.15) is 6.17 Å². The number of nitrogens with zero attached hydrogens (tertiary/aromatic N) is 2. The molecule has 2 unspecified atom stereocenters. The third-order valence-electron chi connectivity index (χ3n) is 4.17. The fourth-order valence-electron chi connectivity index (χ4n) is 2.91. The van der Waals surface area contributed by atoms with Gasteiger partial charge < -0.3 is 25.3 Å². The molecule has 1 heterocycles. The minimum Gasteiger partial charge on any atom is -0.481 e. The minimum absolute atomic E-state index is 0.0615. The summed E-state index contributed by atoms with van der Waals surface area (Å²) in [5.74, 6) is 0.114.